The van der Waals surface area contributed by atoms with Gasteiger partial charge in [-0.2, -0.15) is 5.10 Å². The van der Waals surface area contributed by atoms with Gasteiger partial charge in [0.2, 0.25) is 5.91 Å². The van der Waals surface area contributed by atoms with E-state index in [1.165, 1.54) is 11.3 Å². The summed E-state index contributed by atoms with van der Waals surface area (Å²) in [4.78, 5) is 33.5. The zero-order valence-electron chi connectivity index (χ0n) is 22.5. The van der Waals surface area contributed by atoms with E-state index in [9.17, 15) is 14.7 Å². The molecule has 4 rings (SSSR count). The summed E-state index contributed by atoms with van der Waals surface area (Å²) in [6, 6.07) is 1.83. The highest BCUT2D eigenvalue weighted by molar-refractivity contribution is 7.99. The molecule has 2 saturated carbocycles. The fraction of sp³-hybridized carbons (Fsp3) is 0.643. The third kappa shape index (κ3) is 6.97. The van der Waals surface area contributed by atoms with Gasteiger partial charge in [-0.25, -0.2) is 14.5 Å². The summed E-state index contributed by atoms with van der Waals surface area (Å²) in [7, 11) is 1.90. The van der Waals surface area contributed by atoms with Crippen molar-refractivity contribution < 1.29 is 14.7 Å². The SMILES string of the molecule is Cn1ncnc1S[C@H]1CC[C@@H](N(c2cc(C#CC(C)(C)C)sc2C(=O)O)C(=O)[C@H]2CC[C@H](C)CC2)CC1. The maximum Gasteiger partial charge on any atom is 0.348 e. The van der Waals surface area contributed by atoms with Crippen molar-refractivity contribution in [2.24, 2.45) is 24.3 Å². The van der Waals surface area contributed by atoms with Crippen molar-refractivity contribution in [1.29, 1.82) is 0 Å². The molecule has 0 aliphatic heterocycles. The molecule has 1 amide bonds. The van der Waals surface area contributed by atoms with Gasteiger partial charge in [0.15, 0.2) is 5.16 Å². The van der Waals surface area contributed by atoms with Gasteiger partial charge in [-0.05, 0) is 84.1 Å². The van der Waals surface area contributed by atoms with Crippen LogP contribution < -0.4 is 4.90 Å². The largest absolute Gasteiger partial charge is 0.477 e. The lowest BCUT2D eigenvalue weighted by Crippen LogP contribution is -2.46. The molecule has 200 valence electrons. The first-order valence-corrected chi connectivity index (χ1v) is 15.0. The minimum absolute atomic E-state index is 0.0145. The molecule has 0 bridgehead atoms. The number of nitrogens with zero attached hydrogens (tertiary/aromatic N) is 4. The topological polar surface area (TPSA) is 88.3 Å². The molecule has 2 fully saturated rings. The van der Waals surface area contributed by atoms with Crippen LogP contribution >= 0.6 is 23.1 Å². The van der Waals surface area contributed by atoms with E-state index >= 15 is 0 Å². The molecular formula is C28H38N4O3S2. The molecule has 0 saturated heterocycles. The van der Waals surface area contributed by atoms with E-state index < -0.39 is 5.97 Å². The summed E-state index contributed by atoms with van der Waals surface area (Å²) in [6.07, 6.45) is 8.96. The van der Waals surface area contributed by atoms with Crippen molar-refractivity contribution >= 4 is 40.7 Å². The molecule has 9 heteroatoms. The van der Waals surface area contributed by atoms with E-state index in [0.717, 1.165) is 56.5 Å². The van der Waals surface area contributed by atoms with Gasteiger partial charge >= 0.3 is 5.97 Å². The summed E-state index contributed by atoms with van der Waals surface area (Å²) < 4.78 is 1.79. The van der Waals surface area contributed by atoms with E-state index in [0.29, 0.717) is 21.7 Å². The summed E-state index contributed by atoms with van der Waals surface area (Å²) in [5, 5.41) is 15.6. The second-order valence-electron chi connectivity index (χ2n) is 11.5. The minimum atomic E-state index is -0.995. The Morgan fingerprint density at radius 1 is 1.14 bits per heavy atom. The number of hydrogen-bond acceptors (Lipinski definition) is 6. The van der Waals surface area contributed by atoms with Crippen LogP contribution in [0.25, 0.3) is 0 Å². The molecule has 2 aromatic rings. The van der Waals surface area contributed by atoms with Crippen molar-refractivity contribution in [3.63, 3.8) is 0 Å². The monoisotopic (exact) mass is 542 g/mol. The molecule has 7 nitrogen and oxygen atoms in total. The fourth-order valence-corrected chi connectivity index (χ4v) is 7.14. The molecule has 37 heavy (non-hydrogen) atoms. The second-order valence-corrected chi connectivity index (χ2v) is 13.8. The van der Waals surface area contributed by atoms with Crippen LogP contribution in [0, 0.1) is 29.1 Å². The smallest absolute Gasteiger partial charge is 0.348 e. The summed E-state index contributed by atoms with van der Waals surface area (Å²) in [5.41, 5.74) is 0.337. The molecule has 2 aliphatic rings. The van der Waals surface area contributed by atoms with Gasteiger partial charge in [-0.15, -0.1) is 11.3 Å². The number of aromatic nitrogens is 3. The average Bonchev–Trinajstić information content (AvgIpc) is 3.45. The highest BCUT2D eigenvalue weighted by Gasteiger charge is 2.37. The van der Waals surface area contributed by atoms with Gasteiger partial charge in [-0.3, -0.25) is 4.79 Å². The van der Waals surface area contributed by atoms with E-state index in [2.05, 4.69) is 28.8 Å². The van der Waals surface area contributed by atoms with E-state index in [1.807, 2.05) is 38.8 Å². The Morgan fingerprint density at radius 2 is 1.81 bits per heavy atom. The Labute approximate surface area is 228 Å². The quantitative estimate of drug-likeness (QED) is 0.435. The average molecular weight is 543 g/mol. The Morgan fingerprint density at radius 3 is 2.38 bits per heavy atom. The van der Waals surface area contributed by atoms with Crippen molar-refractivity contribution in [3.05, 3.63) is 22.1 Å². The number of anilines is 1. The number of carbonyl (C=O) groups excluding carboxylic acids is 1. The molecular weight excluding hydrogens is 504 g/mol. The maximum atomic E-state index is 14.1. The van der Waals surface area contributed by atoms with Crippen molar-refractivity contribution in [3.8, 4) is 11.8 Å². The Kier molecular flexibility index (Phi) is 8.70. The summed E-state index contributed by atoms with van der Waals surface area (Å²) in [5.74, 6) is 6.07. The van der Waals surface area contributed by atoms with Crippen molar-refractivity contribution in [2.45, 2.75) is 95.5 Å². The van der Waals surface area contributed by atoms with Crippen molar-refractivity contribution in [2.75, 3.05) is 4.90 Å². The minimum Gasteiger partial charge on any atom is -0.477 e. The Bertz CT molecular complexity index is 1170. The van der Waals surface area contributed by atoms with Crippen LogP contribution in [-0.4, -0.2) is 43.0 Å². The van der Waals surface area contributed by atoms with Crippen LogP contribution in [0.1, 0.15) is 93.6 Å². The number of hydrogen-bond donors (Lipinski definition) is 1. The van der Waals surface area contributed by atoms with Crippen LogP contribution in [-0.2, 0) is 11.8 Å². The van der Waals surface area contributed by atoms with Gasteiger partial charge in [-0.1, -0.05) is 30.5 Å². The first kappa shape index (κ1) is 27.7. The predicted octanol–water partition coefficient (Wildman–Crippen LogP) is 6.24. The predicted molar refractivity (Wildman–Crippen MR) is 149 cm³/mol. The van der Waals surface area contributed by atoms with Gasteiger partial charge in [0.1, 0.15) is 11.2 Å². The van der Waals surface area contributed by atoms with E-state index in [4.69, 9.17) is 0 Å². The second kappa shape index (κ2) is 11.6. The molecule has 0 aromatic carbocycles. The Balaban J connectivity index is 1.62. The maximum absolute atomic E-state index is 14.1. The highest BCUT2D eigenvalue weighted by atomic mass is 32.2. The number of aryl methyl sites for hydroxylation is 1. The van der Waals surface area contributed by atoms with Gasteiger partial charge < -0.3 is 10.0 Å². The lowest BCUT2D eigenvalue weighted by atomic mass is 9.81. The zero-order chi connectivity index (χ0) is 26.7. The number of carboxylic acids is 1. The van der Waals surface area contributed by atoms with Gasteiger partial charge in [0.25, 0.3) is 0 Å². The lowest BCUT2D eigenvalue weighted by molar-refractivity contribution is -0.124. The van der Waals surface area contributed by atoms with Gasteiger partial charge in [0.05, 0.1) is 10.6 Å². The number of carboxylic acid groups (broad SMARTS) is 1. The molecule has 0 atom stereocenters. The number of thioether (sulfide) groups is 1. The van der Waals surface area contributed by atoms with Crippen molar-refractivity contribution in [1.82, 2.24) is 14.8 Å². The Hall–Kier alpha value is -2.31. The lowest BCUT2D eigenvalue weighted by Gasteiger charge is -2.39. The normalized spacial score (nSPS) is 24.2. The number of thiophene rings is 1. The van der Waals surface area contributed by atoms with Crippen LogP contribution in [0.3, 0.4) is 0 Å². The van der Waals surface area contributed by atoms with Crippen LogP contribution in [0.2, 0.25) is 0 Å². The number of carbonyl (C=O) groups is 2. The van der Waals surface area contributed by atoms with Crippen LogP contribution in [0.15, 0.2) is 17.6 Å². The molecule has 0 spiro atoms. The highest BCUT2D eigenvalue weighted by Crippen LogP contribution is 2.41. The first-order valence-electron chi connectivity index (χ1n) is 13.3. The third-order valence-corrected chi connectivity index (χ3v) is 9.69. The number of amides is 1. The molecule has 2 heterocycles. The number of rotatable bonds is 6. The molecule has 0 unspecified atom stereocenters. The number of aromatic carboxylic acids is 1. The summed E-state index contributed by atoms with van der Waals surface area (Å²) >= 11 is 2.92. The standard InChI is InChI=1S/C28H38N4O3S2/c1-18-6-8-19(9-7-18)25(33)32(20-10-12-21(13-11-20)37-27-29-17-30-31(27)5)23-16-22(14-15-28(2,3)4)36-24(23)26(34)35/h16-21H,6-13H2,1-5H3,(H,34,35)/t18-,19-,20-,21+. The first-order chi connectivity index (χ1) is 17.5. The van der Waals surface area contributed by atoms with E-state index in [1.54, 1.807) is 22.8 Å². The van der Waals surface area contributed by atoms with Crippen LogP contribution in [0.4, 0.5) is 5.69 Å². The van der Waals surface area contributed by atoms with Crippen LogP contribution in [0.5, 0.6) is 0 Å². The van der Waals surface area contributed by atoms with Gasteiger partial charge in [0, 0.05) is 29.7 Å². The third-order valence-electron chi connectivity index (χ3n) is 7.28. The molecule has 2 aromatic heterocycles. The van der Waals surface area contributed by atoms with E-state index in [-0.39, 0.29) is 28.2 Å². The fourth-order valence-electron chi connectivity index (χ4n) is 5.19. The summed E-state index contributed by atoms with van der Waals surface area (Å²) in [6.45, 7) is 8.34. The molecule has 1 N–H and O–H groups in total. The molecule has 0 radical (unpaired) electrons. The molecule has 2 aliphatic carbocycles. The zero-order valence-corrected chi connectivity index (χ0v) is 24.1.